The molecule has 1 aliphatic heterocycles. The van der Waals surface area contributed by atoms with Gasteiger partial charge in [-0.15, -0.1) is 0 Å². The number of hydrogen-bond acceptors (Lipinski definition) is 4. The van der Waals surface area contributed by atoms with Crippen molar-refractivity contribution in [3.05, 3.63) is 64.9 Å². The molecule has 0 bridgehead atoms. The summed E-state index contributed by atoms with van der Waals surface area (Å²) in [7, 11) is 0. The largest absolute Gasteiger partial charge is 0.446 e. The Morgan fingerprint density at radius 3 is 2.68 bits per heavy atom. The normalized spacial score (nSPS) is 17.5. The number of aliphatic hydroxyl groups is 1. The van der Waals surface area contributed by atoms with Crippen molar-refractivity contribution >= 4 is 16.7 Å². The zero-order valence-corrected chi connectivity index (χ0v) is 12.3. The van der Waals surface area contributed by atoms with E-state index in [1.807, 2.05) is 50.2 Å². The van der Waals surface area contributed by atoms with Crippen LogP contribution in [-0.2, 0) is 0 Å². The number of furan rings is 1. The van der Waals surface area contributed by atoms with E-state index in [0.29, 0.717) is 11.6 Å². The van der Waals surface area contributed by atoms with Crippen molar-refractivity contribution < 1.29 is 14.3 Å². The average Bonchev–Trinajstić information content (AvgIpc) is 2.88. The van der Waals surface area contributed by atoms with Gasteiger partial charge in [-0.1, -0.05) is 30.3 Å². The highest BCUT2D eigenvalue weighted by molar-refractivity contribution is 5.91. The summed E-state index contributed by atoms with van der Waals surface area (Å²) in [6.45, 7) is 3.86. The van der Waals surface area contributed by atoms with Crippen LogP contribution in [0.3, 0.4) is 0 Å². The summed E-state index contributed by atoms with van der Waals surface area (Å²) in [6, 6.07) is 12.0. The van der Waals surface area contributed by atoms with Crippen LogP contribution in [-0.4, -0.2) is 16.4 Å². The zero-order chi connectivity index (χ0) is 15.3. The molecule has 3 aromatic rings. The van der Waals surface area contributed by atoms with E-state index in [0.717, 1.165) is 33.2 Å². The molecule has 2 aromatic heterocycles. The van der Waals surface area contributed by atoms with Crippen LogP contribution < -0.4 is 4.74 Å². The van der Waals surface area contributed by atoms with Gasteiger partial charge in [0.25, 0.3) is 0 Å². The number of benzene rings is 1. The number of pyridine rings is 1. The Morgan fingerprint density at radius 1 is 1.14 bits per heavy atom. The molecule has 1 aliphatic rings. The molecule has 1 atom stereocenters. The second kappa shape index (κ2) is 4.71. The fourth-order valence-electron chi connectivity index (χ4n) is 2.85. The quantitative estimate of drug-likeness (QED) is 0.743. The molecule has 110 valence electrons. The molecule has 0 amide bonds. The van der Waals surface area contributed by atoms with E-state index >= 15 is 0 Å². The molecule has 0 radical (unpaired) electrons. The van der Waals surface area contributed by atoms with Crippen LogP contribution in [0.25, 0.3) is 16.7 Å². The first-order valence-electron chi connectivity index (χ1n) is 7.15. The van der Waals surface area contributed by atoms with Gasteiger partial charge < -0.3 is 14.3 Å². The smallest absolute Gasteiger partial charge is 0.229 e. The first-order valence-corrected chi connectivity index (χ1v) is 7.15. The van der Waals surface area contributed by atoms with Gasteiger partial charge in [-0.2, -0.15) is 4.98 Å². The molecule has 4 rings (SSSR count). The van der Waals surface area contributed by atoms with E-state index in [-0.39, 0.29) is 0 Å². The van der Waals surface area contributed by atoms with Gasteiger partial charge in [0.1, 0.15) is 0 Å². The van der Waals surface area contributed by atoms with Crippen molar-refractivity contribution in [1.29, 1.82) is 0 Å². The number of fused-ring (bicyclic) bond motifs is 2. The molecule has 0 aliphatic carbocycles. The van der Waals surface area contributed by atoms with Crippen LogP contribution in [0.2, 0.25) is 0 Å². The van der Waals surface area contributed by atoms with Gasteiger partial charge in [0.05, 0.1) is 6.26 Å². The van der Waals surface area contributed by atoms with E-state index in [2.05, 4.69) is 4.98 Å². The molecule has 1 aromatic carbocycles. The van der Waals surface area contributed by atoms with Crippen LogP contribution in [0.4, 0.5) is 0 Å². The molecular weight excluding hydrogens is 278 g/mol. The van der Waals surface area contributed by atoms with E-state index in [1.165, 1.54) is 0 Å². The molecule has 4 nitrogen and oxygen atoms in total. The van der Waals surface area contributed by atoms with E-state index in [1.54, 1.807) is 6.26 Å². The van der Waals surface area contributed by atoms with Crippen LogP contribution in [0.15, 0.2) is 52.7 Å². The molecule has 22 heavy (non-hydrogen) atoms. The molecule has 0 fully saturated rings. The van der Waals surface area contributed by atoms with Crippen molar-refractivity contribution in [2.24, 2.45) is 0 Å². The third-order valence-corrected chi connectivity index (χ3v) is 4.04. The lowest BCUT2D eigenvalue weighted by Gasteiger charge is -2.25. The summed E-state index contributed by atoms with van der Waals surface area (Å²) < 4.78 is 11.0. The van der Waals surface area contributed by atoms with Crippen LogP contribution in [0.1, 0.15) is 23.6 Å². The average molecular weight is 293 g/mol. The fraction of sp³-hybridized carbons (Fsp3) is 0.167. The Bertz CT molecular complexity index is 893. The molecule has 1 unspecified atom stereocenters. The summed E-state index contributed by atoms with van der Waals surface area (Å²) >= 11 is 0. The number of hydrogen-bond donors (Lipinski definition) is 1. The van der Waals surface area contributed by atoms with E-state index in [9.17, 15) is 5.11 Å². The molecule has 0 spiro atoms. The molecule has 0 saturated heterocycles. The van der Waals surface area contributed by atoms with E-state index in [4.69, 9.17) is 9.15 Å². The van der Waals surface area contributed by atoms with Crippen LogP contribution >= 0.6 is 0 Å². The maximum atomic E-state index is 10.2. The number of ether oxygens (including phenoxy) is 1. The summed E-state index contributed by atoms with van der Waals surface area (Å²) in [4.78, 5) is 4.41. The molecule has 1 N–H and O–H groups in total. The molecule has 0 saturated carbocycles. The van der Waals surface area contributed by atoms with Crippen LogP contribution in [0, 0.1) is 6.92 Å². The third kappa shape index (κ3) is 1.84. The van der Waals surface area contributed by atoms with Gasteiger partial charge in [0.2, 0.25) is 17.9 Å². The van der Waals surface area contributed by atoms with Gasteiger partial charge in [-0.3, -0.25) is 0 Å². The minimum absolute atomic E-state index is 0.402. The summed E-state index contributed by atoms with van der Waals surface area (Å²) in [6.07, 6.45) is 0.682. The van der Waals surface area contributed by atoms with Crippen molar-refractivity contribution in [2.45, 2.75) is 20.1 Å². The van der Waals surface area contributed by atoms with Crippen molar-refractivity contribution in [3.8, 4) is 5.88 Å². The lowest BCUT2D eigenvalue weighted by Crippen LogP contribution is -2.23. The van der Waals surface area contributed by atoms with Crippen molar-refractivity contribution in [3.63, 3.8) is 0 Å². The second-order valence-electron chi connectivity index (χ2n) is 5.51. The third-order valence-electron chi connectivity index (χ3n) is 4.04. The topological polar surface area (TPSA) is 55.5 Å². The minimum Gasteiger partial charge on any atom is -0.446 e. The maximum absolute atomic E-state index is 10.2. The summed E-state index contributed by atoms with van der Waals surface area (Å²) in [5, 5.41) is 11.1. The number of nitrogens with zero attached hydrogens (tertiary/aromatic N) is 1. The second-order valence-corrected chi connectivity index (χ2v) is 5.51. The summed E-state index contributed by atoms with van der Waals surface area (Å²) in [5.74, 6) is 0.402. The number of aromatic nitrogens is 1. The SMILES string of the molecule is CC1=C(c2ccccc2)c2cc3c(C)coc3nc2OC1O. The number of rotatable bonds is 1. The highest BCUT2D eigenvalue weighted by Crippen LogP contribution is 2.40. The van der Waals surface area contributed by atoms with Crippen molar-refractivity contribution in [1.82, 2.24) is 4.98 Å². The van der Waals surface area contributed by atoms with Gasteiger partial charge in [0, 0.05) is 16.5 Å². The number of aryl methyl sites for hydroxylation is 1. The number of aliphatic hydroxyl groups excluding tert-OH is 1. The fourth-order valence-corrected chi connectivity index (χ4v) is 2.85. The Balaban J connectivity index is 2.03. The minimum atomic E-state index is -0.997. The van der Waals surface area contributed by atoms with Gasteiger partial charge >= 0.3 is 0 Å². The van der Waals surface area contributed by atoms with Gasteiger partial charge in [-0.05, 0) is 36.6 Å². The lowest BCUT2D eigenvalue weighted by atomic mass is 9.92. The van der Waals surface area contributed by atoms with Gasteiger partial charge in [-0.25, -0.2) is 0 Å². The predicted molar refractivity (Wildman–Crippen MR) is 83.5 cm³/mol. The molecule has 3 heterocycles. The van der Waals surface area contributed by atoms with Gasteiger partial charge in [0.15, 0.2) is 0 Å². The molecular formula is C18H15NO3. The monoisotopic (exact) mass is 293 g/mol. The maximum Gasteiger partial charge on any atom is 0.229 e. The lowest BCUT2D eigenvalue weighted by molar-refractivity contribution is 0.00892. The Labute approximate surface area is 127 Å². The first kappa shape index (κ1) is 13.1. The summed E-state index contributed by atoms with van der Waals surface area (Å²) in [5.41, 5.74) is 5.21. The Morgan fingerprint density at radius 2 is 1.91 bits per heavy atom. The van der Waals surface area contributed by atoms with E-state index < -0.39 is 6.29 Å². The van der Waals surface area contributed by atoms with Crippen molar-refractivity contribution in [2.75, 3.05) is 0 Å². The zero-order valence-electron chi connectivity index (χ0n) is 12.3. The standard InChI is InChI=1S/C18H15NO3/c1-10-9-21-16-13(10)8-14-15(12-6-4-3-5-7-12)11(2)18(20)22-17(14)19-16/h3-9,18,20H,1-2H3. The van der Waals surface area contributed by atoms with Crippen LogP contribution in [0.5, 0.6) is 5.88 Å². The predicted octanol–water partition coefficient (Wildman–Crippen LogP) is 3.67. The highest BCUT2D eigenvalue weighted by Gasteiger charge is 2.27. The molecule has 4 heteroatoms. The first-order chi connectivity index (χ1) is 10.6. The Kier molecular flexibility index (Phi) is 2.81. The highest BCUT2D eigenvalue weighted by atomic mass is 16.6. The Hall–Kier alpha value is -2.59.